The first-order chi connectivity index (χ1) is 10.5. The molecule has 2 saturated carbocycles. The lowest BCUT2D eigenvalue weighted by Gasteiger charge is -2.35. The Bertz CT molecular complexity index is 391. The van der Waals surface area contributed by atoms with Crippen molar-refractivity contribution in [2.24, 2.45) is 5.92 Å². The monoisotopic (exact) mass is 310 g/mol. The largest absolute Gasteiger partial charge is 0.389 e. The number of rotatable bonds is 6. The summed E-state index contributed by atoms with van der Waals surface area (Å²) in [5.74, 6) is 0.789. The Hall–Kier alpha value is -0.650. The van der Waals surface area contributed by atoms with E-state index in [0.717, 1.165) is 51.9 Å². The summed E-state index contributed by atoms with van der Waals surface area (Å²) in [4.78, 5) is 17.0. The van der Waals surface area contributed by atoms with Gasteiger partial charge < -0.3 is 19.6 Å². The van der Waals surface area contributed by atoms with E-state index >= 15 is 0 Å². The fraction of sp³-hybridized carbons (Fsp3) is 0.941. The van der Waals surface area contributed by atoms with Gasteiger partial charge in [0.05, 0.1) is 24.7 Å². The van der Waals surface area contributed by atoms with Gasteiger partial charge in [-0.15, -0.1) is 0 Å². The Labute approximate surface area is 133 Å². The Balaban J connectivity index is 1.57. The van der Waals surface area contributed by atoms with E-state index in [9.17, 15) is 9.90 Å². The van der Waals surface area contributed by atoms with Crippen LogP contribution in [0.4, 0.5) is 0 Å². The second-order valence-corrected chi connectivity index (χ2v) is 7.61. The maximum atomic E-state index is 12.7. The molecule has 0 aromatic rings. The molecule has 3 aliphatic rings. The van der Waals surface area contributed by atoms with Crippen molar-refractivity contribution >= 4 is 5.91 Å². The summed E-state index contributed by atoms with van der Waals surface area (Å²) in [6, 6.07) is 0. The first-order valence-electron chi connectivity index (χ1n) is 8.84. The number of hydrogen-bond donors (Lipinski definition) is 1. The van der Waals surface area contributed by atoms with E-state index in [1.807, 2.05) is 4.90 Å². The third-order valence-corrected chi connectivity index (χ3v) is 5.31. The van der Waals surface area contributed by atoms with Crippen molar-refractivity contribution in [1.82, 2.24) is 9.80 Å². The Morgan fingerprint density at radius 3 is 2.68 bits per heavy atom. The molecule has 3 fully saturated rings. The van der Waals surface area contributed by atoms with Gasteiger partial charge in [0.2, 0.25) is 5.91 Å². The average Bonchev–Trinajstić information content (AvgIpc) is 3.18. The number of ether oxygens (including phenoxy) is 1. The average molecular weight is 310 g/mol. The summed E-state index contributed by atoms with van der Waals surface area (Å²) in [7, 11) is 2.10. The van der Waals surface area contributed by atoms with Gasteiger partial charge in [-0.3, -0.25) is 4.79 Å². The lowest BCUT2D eigenvalue weighted by Crippen LogP contribution is -2.49. The molecule has 1 saturated heterocycles. The molecule has 1 heterocycles. The maximum Gasteiger partial charge on any atom is 0.225 e. The van der Waals surface area contributed by atoms with Gasteiger partial charge in [-0.25, -0.2) is 0 Å². The van der Waals surface area contributed by atoms with Gasteiger partial charge in [0.15, 0.2) is 0 Å². The number of hydrogen-bond acceptors (Lipinski definition) is 4. The van der Waals surface area contributed by atoms with E-state index in [2.05, 4.69) is 11.9 Å². The van der Waals surface area contributed by atoms with Crippen molar-refractivity contribution in [3.05, 3.63) is 0 Å². The minimum Gasteiger partial charge on any atom is -0.389 e. The van der Waals surface area contributed by atoms with Crippen LogP contribution in [0.25, 0.3) is 0 Å². The number of carbonyl (C=O) groups is 1. The van der Waals surface area contributed by atoms with Crippen LogP contribution < -0.4 is 0 Å². The van der Waals surface area contributed by atoms with Crippen LogP contribution in [0.5, 0.6) is 0 Å². The molecule has 2 aliphatic carbocycles. The number of carbonyl (C=O) groups excluding carboxylic acids is 1. The SMILES string of the molecule is CN1CCO[C@@H](CN(CC2CC2)C(=O)CC2(O)CCCC2)C1. The molecular formula is C17H30N2O3. The lowest BCUT2D eigenvalue weighted by molar-refractivity contribution is -0.139. The quantitative estimate of drug-likeness (QED) is 0.802. The van der Waals surface area contributed by atoms with Gasteiger partial charge in [0.1, 0.15) is 0 Å². The van der Waals surface area contributed by atoms with Crippen molar-refractivity contribution in [3.63, 3.8) is 0 Å². The molecule has 1 atom stereocenters. The Morgan fingerprint density at radius 2 is 2.05 bits per heavy atom. The fourth-order valence-electron chi connectivity index (χ4n) is 3.72. The minimum absolute atomic E-state index is 0.111. The summed E-state index contributed by atoms with van der Waals surface area (Å²) in [6.07, 6.45) is 6.52. The van der Waals surface area contributed by atoms with Gasteiger partial charge in [-0.05, 0) is 38.6 Å². The van der Waals surface area contributed by atoms with Crippen molar-refractivity contribution in [2.45, 2.75) is 56.7 Å². The predicted molar refractivity (Wildman–Crippen MR) is 84.6 cm³/mol. The van der Waals surface area contributed by atoms with Gasteiger partial charge in [-0.1, -0.05) is 12.8 Å². The normalized spacial score (nSPS) is 28.7. The molecular weight excluding hydrogens is 280 g/mol. The molecule has 0 spiro atoms. The van der Waals surface area contributed by atoms with Crippen LogP contribution in [0.3, 0.4) is 0 Å². The Morgan fingerprint density at radius 1 is 1.32 bits per heavy atom. The third kappa shape index (κ3) is 4.43. The number of amides is 1. The highest BCUT2D eigenvalue weighted by molar-refractivity contribution is 5.77. The summed E-state index contributed by atoms with van der Waals surface area (Å²) in [5.41, 5.74) is -0.747. The molecule has 22 heavy (non-hydrogen) atoms. The van der Waals surface area contributed by atoms with Crippen LogP contribution in [0.15, 0.2) is 0 Å². The first-order valence-corrected chi connectivity index (χ1v) is 8.84. The molecule has 5 heteroatoms. The van der Waals surface area contributed by atoms with Crippen LogP contribution >= 0.6 is 0 Å². The lowest BCUT2D eigenvalue weighted by atomic mass is 9.97. The van der Waals surface area contributed by atoms with E-state index in [1.54, 1.807) is 0 Å². The third-order valence-electron chi connectivity index (χ3n) is 5.31. The number of nitrogens with zero attached hydrogens (tertiary/aromatic N) is 2. The van der Waals surface area contributed by atoms with Crippen LogP contribution in [-0.4, -0.2) is 72.4 Å². The maximum absolute atomic E-state index is 12.7. The zero-order valence-corrected chi connectivity index (χ0v) is 13.8. The molecule has 0 unspecified atom stereocenters. The molecule has 0 bridgehead atoms. The first kappa shape index (κ1) is 16.2. The van der Waals surface area contributed by atoms with Crippen LogP contribution in [0.2, 0.25) is 0 Å². The molecule has 0 aromatic heterocycles. The van der Waals surface area contributed by atoms with E-state index in [1.165, 1.54) is 12.8 Å². The van der Waals surface area contributed by atoms with Crippen molar-refractivity contribution in [3.8, 4) is 0 Å². The predicted octanol–water partition coefficient (Wildman–Crippen LogP) is 1.25. The Kier molecular flexibility index (Phi) is 5.05. The molecule has 126 valence electrons. The second kappa shape index (κ2) is 6.85. The molecule has 5 nitrogen and oxygen atoms in total. The number of morpholine rings is 1. The standard InChI is InChI=1S/C17H30N2O3/c1-18-8-9-22-15(12-18)13-19(11-14-4-5-14)16(20)10-17(21)6-2-3-7-17/h14-15,21H,2-13H2,1H3/t15-/m1/s1. The van der Waals surface area contributed by atoms with Gasteiger partial charge >= 0.3 is 0 Å². The highest BCUT2D eigenvalue weighted by Crippen LogP contribution is 2.34. The van der Waals surface area contributed by atoms with E-state index < -0.39 is 5.60 Å². The van der Waals surface area contributed by atoms with E-state index in [0.29, 0.717) is 18.9 Å². The van der Waals surface area contributed by atoms with Crippen molar-refractivity contribution in [1.29, 1.82) is 0 Å². The van der Waals surface area contributed by atoms with E-state index in [-0.39, 0.29) is 12.0 Å². The summed E-state index contributed by atoms with van der Waals surface area (Å²) < 4.78 is 5.83. The van der Waals surface area contributed by atoms with E-state index in [4.69, 9.17) is 4.74 Å². The van der Waals surface area contributed by atoms with Gasteiger partial charge in [-0.2, -0.15) is 0 Å². The summed E-state index contributed by atoms with van der Waals surface area (Å²) in [6.45, 7) is 4.12. The highest BCUT2D eigenvalue weighted by atomic mass is 16.5. The molecule has 3 rings (SSSR count). The second-order valence-electron chi connectivity index (χ2n) is 7.61. The van der Waals surface area contributed by atoms with Gasteiger partial charge in [0, 0.05) is 26.2 Å². The number of likely N-dealkylation sites (N-methyl/N-ethyl adjacent to an activating group) is 1. The van der Waals surface area contributed by atoms with Crippen LogP contribution in [0.1, 0.15) is 44.9 Å². The zero-order chi connectivity index (χ0) is 15.6. The molecule has 0 radical (unpaired) electrons. The topological polar surface area (TPSA) is 53.0 Å². The zero-order valence-electron chi connectivity index (χ0n) is 13.8. The van der Waals surface area contributed by atoms with Crippen molar-refractivity contribution in [2.75, 3.05) is 39.8 Å². The highest BCUT2D eigenvalue weighted by Gasteiger charge is 2.37. The fourth-order valence-corrected chi connectivity index (χ4v) is 3.72. The summed E-state index contributed by atoms with van der Waals surface area (Å²) >= 11 is 0. The van der Waals surface area contributed by atoms with Gasteiger partial charge in [0.25, 0.3) is 0 Å². The minimum atomic E-state index is -0.747. The molecule has 1 amide bonds. The van der Waals surface area contributed by atoms with Crippen LogP contribution in [-0.2, 0) is 9.53 Å². The van der Waals surface area contributed by atoms with Crippen molar-refractivity contribution < 1.29 is 14.6 Å². The summed E-state index contributed by atoms with van der Waals surface area (Å²) in [5, 5.41) is 10.5. The van der Waals surface area contributed by atoms with Crippen LogP contribution in [0, 0.1) is 5.92 Å². The molecule has 0 aromatic carbocycles. The smallest absolute Gasteiger partial charge is 0.225 e. The molecule has 1 N–H and O–H groups in total. The number of aliphatic hydroxyl groups is 1. The molecule has 1 aliphatic heterocycles.